The van der Waals surface area contributed by atoms with Crippen molar-refractivity contribution in [3.8, 4) is 0 Å². The molecular weight excluding hydrogens is 252 g/mol. The number of aromatic nitrogens is 1. The zero-order valence-corrected chi connectivity index (χ0v) is 11.9. The third-order valence-corrected chi connectivity index (χ3v) is 3.77. The molecule has 0 radical (unpaired) electrons. The number of cyclic esters (lactones) is 1. The van der Waals surface area contributed by atoms with Gasteiger partial charge in [0.2, 0.25) is 0 Å². The fraction of sp³-hybridized carbons (Fsp3) is 0.438. The smallest absolute Gasteiger partial charge is 0.410 e. The molecule has 0 bridgehead atoms. The second-order valence-electron chi connectivity index (χ2n) is 5.84. The lowest BCUT2D eigenvalue weighted by Gasteiger charge is -2.23. The summed E-state index contributed by atoms with van der Waals surface area (Å²) in [6, 6.07) is 8.40. The van der Waals surface area contributed by atoms with Gasteiger partial charge in [0.05, 0.1) is 6.04 Å². The highest BCUT2D eigenvalue weighted by molar-refractivity contribution is 5.83. The van der Waals surface area contributed by atoms with Crippen molar-refractivity contribution >= 4 is 17.0 Å². The molecule has 4 nitrogen and oxygen atoms in total. The molecule has 2 heterocycles. The first-order valence-corrected chi connectivity index (χ1v) is 7.13. The molecule has 1 aliphatic heterocycles. The van der Waals surface area contributed by atoms with E-state index in [1.165, 1.54) is 10.9 Å². The molecule has 1 atom stereocenters. The van der Waals surface area contributed by atoms with Crippen molar-refractivity contribution in [3.05, 3.63) is 36.0 Å². The van der Waals surface area contributed by atoms with Crippen molar-refractivity contribution in [2.24, 2.45) is 5.92 Å². The Kier molecular flexibility index (Phi) is 3.38. The van der Waals surface area contributed by atoms with E-state index >= 15 is 0 Å². The van der Waals surface area contributed by atoms with Crippen LogP contribution in [0.5, 0.6) is 0 Å². The highest BCUT2D eigenvalue weighted by Crippen LogP contribution is 2.23. The van der Waals surface area contributed by atoms with E-state index in [0.29, 0.717) is 12.5 Å². The largest absolute Gasteiger partial charge is 0.447 e. The lowest BCUT2D eigenvalue weighted by Crippen LogP contribution is -2.37. The third-order valence-electron chi connectivity index (χ3n) is 3.77. The van der Waals surface area contributed by atoms with Crippen molar-refractivity contribution in [1.29, 1.82) is 0 Å². The molecule has 0 spiro atoms. The van der Waals surface area contributed by atoms with Crippen LogP contribution in [-0.2, 0) is 11.2 Å². The third kappa shape index (κ3) is 2.38. The Hall–Kier alpha value is -1.97. The SMILES string of the molecule is CC(C)CN1C(=O)OC[C@@H]1Cc1c[nH]c2ccccc12. The number of aromatic amines is 1. The van der Waals surface area contributed by atoms with E-state index in [-0.39, 0.29) is 12.1 Å². The number of carbonyl (C=O) groups excluding carboxylic acids is 1. The molecule has 1 aromatic carbocycles. The quantitative estimate of drug-likeness (QED) is 0.929. The molecule has 20 heavy (non-hydrogen) atoms. The van der Waals surface area contributed by atoms with Crippen molar-refractivity contribution in [1.82, 2.24) is 9.88 Å². The number of rotatable bonds is 4. The van der Waals surface area contributed by atoms with Gasteiger partial charge >= 0.3 is 6.09 Å². The highest BCUT2D eigenvalue weighted by Gasteiger charge is 2.33. The molecular formula is C16H20N2O2. The van der Waals surface area contributed by atoms with Crippen molar-refractivity contribution in [2.45, 2.75) is 26.3 Å². The van der Waals surface area contributed by atoms with Gasteiger partial charge in [-0.25, -0.2) is 4.79 Å². The monoisotopic (exact) mass is 272 g/mol. The Balaban J connectivity index is 1.81. The van der Waals surface area contributed by atoms with Crippen LogP contribution in [0.15, 0.2) is 30.5 Å². The molecule has 0 aliphatic carbocycles. The Morgan fingerprint density at radius 2 is 2.20 bits per heavy atom. The number of nitrogens with one attached hydrogen (secondary N) is 1. The van der Waals surface area contributed by atoms with Gasteiger partial charge in [-0.15, -0.1) is 0 Å². The summed E-state index contributed by atoms with van der Waals surface area (Å²) >= 11 is 0. The maximum Gasteiger partial charge on any atom is 0.410 e. The minimum atomic E-state index is -0.177. The lowest BCUT2D eigenvalue weighted by atomic mass is 10.0. The molecule has 1 fully saturated rings. The van der Waals surface area contributed by atoms with Crippen molar-refractivity contribution < 1.29 is 9.53 Å². The summed E-state index contributed by atoms with van der Waals surface area (Å²) in [5.74, 6) is 0.450. The number of hydrogen-bond acceptors (Lipinski definition) is 2. The van der Waals surface area contributed by atoms with Gasteiger partial charge in [0.15, 0.2) is 0 Å². The van der Waals surface area contributed by atoms with Gasteiger partial charge in [-0.05, 0) is 24.0 Å². The number of amides is 1. The average Bonchev–Trinajstić information content (AvgIpc) is 2.97. The number of nitrogens with zero attached hydrogens (tertiary/aromatic N) is 1. The minimum Gasteiger partial charge on any atom is -0.447 e. The predicted molar refractivity (Wildman–Crippen MR) is 78.7 cm³/mol. The molecule has 4 heteroatoms. The summed E-state index contributed by atoms with van der Waals surface area (Å²) in [4.78, 5) is 17.0. The van der Waals surface area contributed by atoms with Crippen LogP contribution in [0.1, 0.15) is 19.4 Å². The first-order valence-electron chi connectivity index (χ1n) is 7.13. The number of hydrogen-bond donors (Lipinski definition) is 1. The fourth-order valence-electron chi connectivity index (χ4n) is 2.83. The summed E-state index contributed by atoms with van der Waals surface area (Å²) < 4.78 is 5.22. The van der Waals surface area contributed by atoms with Crippen LogP contribution in [-0.4, -0.2) is 35.2 Å². The molecule has 0 unspecified atom stereocenters. The van der Waals surface area contributed by atoms with Crippen LogP contribution in [0.3, 0.4) is 0 Å². The second-order valence-corrected chi connectivity index (χ2v) is 5.84. The number of para-hydroxylation sites is 1. The zero-order chi connectivity index (χ0) is 14.1. The first-order chi connectivity index (χ1) is 9.65. The Bertz CT molecular complexity index is 618. The molecule has 1 aliphatic rings. The van der Waals surface area contributed by atoms with Crippen LogP contribution in [0.2, 0.25) is 0 Å². The van der Waals surface area contributed by atoms with Gasteiger partial charge < -0.3 is 14.6 Å². The first kappa shape index (κ1) is 13.0. The number of fused-ring (bicyclic) bond motifs is 1. The number of benzene rings is 1. The average molecular weight is 272 g/mol. The summed E-state index contributed by atoms with van der Waals surface area (Å²) in [5, 5.41) is 1.23. The van der Waals surface area contributed by atoms with Crippen molar-refractivity contribution in [2.75, 3.05) is 13.2 Å². The number of H-pyrrole nitrogens is 1. The van der Waals surface area contributed by atoms with Crippen LogP contribution in [0.25, 0.3) is 10.9 Å². The van der Waals surface area contributed by atoms with E-state index in [9.17, 15) is 4.79 Å². The predicted octanol–water partition coefficient (Wildman–Crippen LogP) is 3.19. The van der Waals surface area contributed by atoms with Gasteiger partial charge in [0.25, 0.3) is 0 Å². The van der Waals surface area contributed by atoms with Gasteiger partial charge in [-0.3, -0.25) is 0 Å². The molecule has 106 valence electrons. The summed E-state index contributed by atoms with van der Waals surface area (Å²) in [6.07, 6.45) is 2.70. The number of ether oxygens (including phenoxy) is 1. The summed E-state index contributed by atoms with van der Waals surface area (Å²) in [7, 11) is 0. The maximum absolute atomic E-state index is 11.8. The molecule has 3 rings (SSSR count). The molecule has 0 saturated carbocycles. The molecule has 1 saturated heterocycles. The Morgan fingerprint density at radius 3 is 3.00 bits per heavy atom. The maximum atomic E-state index is 11.8. The molecule has 1 aromatic heterocycles. The molecule has 2 aromatic rings. The van der Waals surface area contributed by atoms with Gasteiger partial charge in [-0.1, -0.05) is 32.0 Å². The topological polar surface area (TPSA) is 45.3 Å². The Morgan fingerprint density at radius 1 is 1.40 bits per heavy atom. The zero-order valence-electron chi connectivity index (χ0n) is 11.9. The van der Waals surface area contributed by atoms with E-state index in [2.05, 4.69) is 31.0 Å². The van der Waals surface area contributed by atoms with Gasteiger partial charge in [-0.2, -0.15) is 0 Å². The van der Waals surface area contributed by atoms with Crippen LogP contribution >= 0.6 is 0 Å². The van der Waals surface area contributed by atoms with Crippen molar-refractivity contribution in [3.63, 3.8) is 0 Å². The summed E-state index contributed by atoms with van der Waals surface area (Å²) in [6.45, 7) is 5.49. The minimum absolute atomic E-state index is 0.143. The van der Waals surface area contributed by atoms with Gasteiger partial charge in [0, 0.05) is 23.6 Å². The standard InChI is InChI=1S/C16H20N2O2/c1-11(2)9-18-13(10-20-16(18)19)7-12-8-17-15-6-4-3-5-14(12)15/h3-6,8,11,13,17H,7,9-10H2,1-2H3/t13-/m0/s1. The highest BCUT2D eigenvalue weighted by atomic mass is 16.6. The summed E-state index contributed by atoms with van der Waals surface area (Å²) in [5.41, 5.74) is 2.39. The van der Waals surface area contributed by atoms with Crippen LogP contribution in [0.4, 0.5) is 4.79 Å². The van der Waals surface area contributed by atoms with E-state index in [0.717, 1.165) is 18.5 Å². The van der Waals surface area contributed by atoms with E-state index in [1.807, 2.05) is 23.2 Å². The molecule has 1 N–H and O–H groups in total. The Labute approximate surface area is 118 Å². The normalized spacial score (nSPS) is 19.1. The number of carbonyl (C=O) groups is 1. The van der Waals surface area contributed by atoms with E-state index in [4.69, 9.17) is 4.74 Å². The lowest BCUT2D eigenvalue weighted by molar-refractivity contribution is 0.154. The molecule has 1 amide bonds. The van der Waals surface area contributed by atoms with Crippen LogP contribution in [0, 0.1) is 5.92 Å². The second kappa shape index (κ2) is 5.19. The van der Waals surface area contributed by atoms with Gasteiger partial charge in [0.1, 0.15) is 6.61 Å². The fourth-order valence-corrected chi connectivity index (χ4v) is 2.83. The van der Waals surface area contributed by atoms with Crippen LogP contribution < -0.4 is 0 Å². The van der Waals surface area contributed by atoms with E-state index < -0.39 is 0 Å². The van der Waals surface area contributed by atoms with E-state index in [1.54, 1.807) is 0 Å².